The first kappa shape index (κ1) is 15.7. The maximum absolute atomic E-state index is 13.0. The Morgan fingerprint density at radius 2 is 1.48 bits per heavy atom. The fraction of sp³-hybridized carbons (Fsp3) is 1.00. The van der Waals surface area contributed by atoms with Gasteiger partial charge in [0.25, 0.3) is 10.2 Å². The van der Waals surface area contributed by atoms with Crippen molar-refractivity contribution in [3.05, 3.63) is 0 Å². The highest BCUT2D eigenvalue weighted by atomic mass is 32.2. The third kappa shape index (κ3) is 3.44. The largest absolute Gasteiger partial charge is 0.316 e. The zero-order chi connectivity index (χ0) is 14.8. The van der Waals surface area contributed by atoms with E-state index in [1.165, 1.54) is 32.1 Å². The summed E-state index contributed by atoms with van der Waals surface area (Å²) in [6, 6.07) is 0. The van der Waals surface area contributed by atoms with Crippen LogP contribution in [0.4, 0.5) is 0 Å². The Morgan fingerprint density at radius 3 is 2.14 bits per heavy atom. The molecule has 1 N–H and O–H groups in total. The smallest absolute Gasteiger partial charge is 0.281 e. The summed E-state index contributed by atoms with van der Waals surface area (Å²) in [6.45, 7) is 4.92. The van der Waals surface area contributed by atoms with E-state index in [-0.39, 0.29) is 5.41 Å². The number of nitrogens with one attached hydrogen (secondary N) is 1. The van der Waals surface area contributed by atoms with Crippen LogP contribution >= 0.6 is 0 Å². The molecule has 3 saturated heterocycles. The lowest BCUT2D eigenvalue weighted by molar-refractivity contribution is 0.106. The van der Waals surface area contributed by atoms with Crippen molar-refractivity contribution in [2.75, 3.05) is 39.3 Å². The molecule has 5 nitrogen and oxygen atoms in total. The van der Waals surface area contributed by atoms with E-state index in [1.54, 1.807) is 8.61 Å². The minimum Gasteiger partial charge on any atom is -0.316 e. The molecule has 0 aromatic rings. The third-order valence-electron chi connectivity index (χ3n) is 5.40. The highest BCUT2D eigenvalue weighted by Crippen LogP contribution is 2.37. The van der Waals surface area contributed by atoms with Gasteiger partial charge in [-0.15, -0.1) is 0 Å². The van der Waals surface area contributed by atoms with Crippen molar-refractivity contribution in [1.82, 2.24) is 13.9 Å². The summed E-state index contributed by atoms with van der Waals surface area (Å²) in [4.78, 5) is 0. The molecule has 0 aromatic carbocycles. The summed E-state index contributed by atoms with van der Waals surface area (Å²) in [5, 5.41) is 3.47. The molecule has 1 unspecified atom stereocenters. The van der Waals surface area contributed by atoms with Crippen LogP contribution in [-0.4, -0.2) is 56.3 Å². The Labute approximate surface area is 129 Å². The Morgan fingerprint density at radius 1 is 0.810 bits per heavy atom. The molecule has 3 fully saturated rings. The van der Waals surface area contributed by atoms with E-state index >= 15 is 0 Å². The van der Waals surface area contributed by atoms with E-state index in [4.69, 9.17) is 0 Å². The van der Waals surface area contributed by atoms with Gasteiger partial charge in [-0.2, -0.15) is 17.0 Å². The van der Waals surface area contributed by atoms with Gasteiger partial charge >= 0.3 is 0 Å². The molecular formula is C15H29N3O2S. The van der Waals surface area contributed by atoms with E-state index in [9.17, 15) is 8.42 Å². The SMILES string of the molecule is O=S(=O)(N1CCCCCC1)N1CCCC2(CCCNC2)C1. The molecule has 1 spiro atoms. The summed E-state index contributed by atoms with van der Waals surface area (Å²) in [6.07, 6.45) is 8.89. The van der Waals surface area contributed by atoms with Gasteiger partial charge in [-0.05, 0) is 50.5 Å². The summed E-state index contributed by atoms with van der Waals surface area (Å²) >= 11 is 0. The first-order valence-electron chi connectivity index (χ1n) is 8.58. The van der Waals surface area contributed by atoms with Crippen molar-refractivity contribution in [3.63, 3.8) is 0 Å². The summed E-state index contributed by atoms with van der Waals surface area (Å²) in [5.74, 6) is 0. The van der Waals surface area contributed by atoms with Gasteiger partial charge in [0.2, 0.25) is 0 Å². The molecule has 0 aliphatic carbocycles. The third-order valence-corrected chi connectivity index (χ3v) is 7.39. The fourth-order valence-electron chi connectivity index (χ4n) is 4.17. The lowest BCUT2D eigenvalue weighted by Gasteiger charge is -2.45. The second-order valence-corrected chi connectivity index (χ2v) is 8.97. The molecule has 0 aromatic heterocycles. The average molecular weight is 315 g/mol. The van der Waals surface area contributed by atoms with E-state index in [1.807, 2.05) is 0 Å². The van der Waals surface area contributed by atoms with E-state index in [0.29, 0.717) is 19.6 Å². The van der Waals surface area contributed by atoms with E-state index < -0.39 is 10.2 Å². The van der Waals surface area contributed by atoms with Crippen LogP contribution < -0.4 is 5.32 Å². The second kappa shape index (κ2) is 6.52. The van der Waals surface area contributed by atoms with Gasteiger partial charge in [0.15, 0.2) is 0 Å². The maximum Gasteiger partial charge on any atom is 0.281 e. The van der Waals surface area contributed by atoms with E-state index in [2.05, 4.69) is 5.32 Å². The molecule has 0 amide bonds. The minimum atomic E-state index is -3.24. The molecule has 3 rings (SSSR count). The molecule has 3 aliphatic heterocycles. The topological polar surface area (TPSA) is 52.7 Å². The molecule has 3 aliphatic rings. The molecule has 0 saturated carbocycles. The molecule has 6 heteroatoms. The van der Waals surface area contributed by atoms with Gasteiger partial charge in [0.05, 0.1) is 0 Å². The predicted molar refractivity (Wildman–Crippen MR) is 84.3 cm³/mol. The molecule has 0 radical (unpaired) electrons. The molecular weight excluding hydrogens is 286 g/mol. The van der Waals surface area contributed by atoms with Gasteiger partial charge in [-0.25, -0.2) is 0 Å². The quantitative estimate of drug-likeness (QED) is 0.841. The Bertz CT molecular complexity index is 432. The van der Waals surface area contributed by atoms with Crippen LogP contribution in [0.5, 0.6) is 0 Å². The average Bonchev–Trinajstić information content (AvgIpc) is 2.78. The highest BCUT2D eigenvalue weighted by Gasteiger charge is 2.41. The van der Waals surface area contributed by atoms with Crippen LogP contribution in [0.1, 0.15) is 51.4 Å². The van der Waals surface area contributed by atoms with Crippen molar-refractivity contribution in [2.24, 2.45) is 5.41 Å². The van der Waals surface area contributed by atoms with Crippen LogP contribution in [-0.2, 0) is 10.2 Å². The fourth-order valence-corrected chi connectivity index (χ4v) is 6.02. The van der Waals surface area contributed by atoms with Crippen molar-refractivity contribution in [1.29, 1.82) is 0 Å². The van der Waals surface area contributed by atoms with Crippen LogP contribution in [0.3, 0.4) is 0 Å². The zero-order valence-corrected chi connectivity index (χ0v) is 13.8. The molecule has 3 heterocycles. The lowest BCUT2D eigenvalue weighted by Crippen LogP contribution is -2.55. The van der Waals surface area contributed by atoms with Gasteiger partial charge in [0.1, 0.15) is 0 Å². The Hall–Kier alpha value is -0.170. The maximum atomic E-state index is 13.0. The Kier molecular flexibility index (Phi) is 4.88. The van der Waals surface area contributed by atoms with Crippen LogP contribution in [0.25, 0.3) is 0 Å². The highest BCUT2D eigenvalue weighted by molar-refractivity contribution is 7.86. The van der Waals surface area contributed by atoms with Crippen molar-refractivity contribution >= 4 is 10.2 Å². The lowest BCUT2D eigenvalue weighted by atomic mass is 9.75. The number of nitrogens with zero attached hydrogens (tertiary/aromatic N) is 2. The van der Waals surface area contributed by atoms with Gasteiger partial charge in [0, 0.05) is 32.7 Å². The zero-order valence-electron chi connectivity index (χ0n) is 13.0. The van der Waals surface area contributed by atoms with E-state index in [0.717, 1.165) is 38.9 Å². The van der Waals surface area contributed by atoms with Crippen LogP contribution in [0.2, 0.25) is 0 Å². The monoisotopic (exact) mass is 315 g/mol. The van der Waals surface area contributed by atoms with Gasteiger partial charge in [-0.3, -0.25) is 0 Å². The molecule has 1 atom stereocenters. The minimum absolute atomic E-state index is 0.190. The molecule has 122 valence electrons. The van der Waals surface area contributed by atoms with Gasteiger partial charge in [-0.1, -0.05) is 12.8 Å². The number of hydrogen-bond acceptors (Lipinski definition) is 3. The second-order valence-electron chi connectivity index (χ2n) is 7.04. The summed E-state index contributed by atoms with van der Waals surface area (Å²) < 4.78 is 29.4. The number of rotatable bonds is 2. The van der Waals surface area contributed by atoms with Crippen molar-refractivity contribution < 1.29 is 8.42 Å². The molecule has 21 heavy (non-hydrogen) atoms. The summed E-state index contributed by atoms with van der Waals surface area (Å²) in [7, 11) is -3.24. The predicted octanol–water partition coefficient (Wildman–Crippen LogP) is 1.57. The normalized spacial score (nSPS) is 33.9. The van der Waals surface area contributed by atoms with Crippen LogP contribution in [0.15, 0.2) is 0 Å². The molecule has 0 bridgehead atoms. The number of hydrogen-bond donors (Lipinski definition) is 1. The van der Waals surface area contributed by atoms with Gasteiger partial charge < -0.3 is 5.32 Å². The van der Waals surface area contributed by atoms with Crippen molar-refractivity contribution in [2.45, 2.75) is 51.4 Å². The Balaban J connectivity index is 1.71. The first-order chi connectivity index (χ1) is 10.1. The van der Waals surface area contributed by atoms with Crippen LogP contribution in [0, 0.1) is 5.41 Å². The first-order valence-corrected chi connectivity index (χ1v) is 9.98. The standard InChI is InChI=1S/C15H29N3O2S/c19-21(20,17-10-3-1-2-4-11-17)18-12-6-8-15(14-18)7-5-9-16-13-15/h16H,1-14H2. The number of piperidine rings is 2. The van der Waals surface area contributed by atoms with Crippen molar-refractivity contribution in [3.8, 4) is 0 Å². The summed E-state index contributed by atoms with van der Waals surface area (Å²) in [5.41, 5.74) is 0.190.